The van der Waals surface area contributed by atoms with E-state index in [1.807, 2.05) is 49.4 Å². The van der Waals surface area contributed by atoms with Gasteiger partial charge in [0.25, 0.3) is 0 Å². The van der Waals surface area contributed by atoms with Crippen LogP contribution in [0.1, 0.15) is 24.0 Å². The van der Waals surface area contributed by atoms with E-state index in [9.17, 15) is 9.59 Å². The van der Waals surface area contributed by atoms with Crippen LogP contribution < -0.4 is 10.7 Å². The third-order valence-electron chi connectivity index (χ3n) is 3.31. The molecular formula is C18H17I2N3O2. The summed E-state index contributed by atoms with van der Waals surface area (Å²) in [5.41, 5.74) is 5.09. The SMILES string of the molecule is Cc1cc(I)ccc1NC(=O)CCC(=O)N/N=C\c1ccc(I)cc1. The van der Waals surface area contributed by atoms with Crippen LogP contribution in [0, 0.1) is 14.1 Å². The van der Waals surface area contributed by atoms with Crippen LogP contribution >= 0.6 is 45.2 Å². The van der Waals surface area contributed by atoms with Crippen molar-refractivity contribution in [2.45, 2.75) is 19.8 Å². The van der Waals surface area contributed by atoms with E-state index in [0.29, 0.717) is 0 Å². The molecule has 0 unspecified atom stereocenters. The molecule has 2 aromatic rings. The highest BCUT2D eigenvalue weighted by atomic mass is 127. The maximum Gasteiger partial charge on any atom is 0.240 e. The Morgan fingerprint density at radius 2 is 1.64 bits per heavy atom. The number of amides is 2. The smallest absolute Gasteiger partial charge is 0.240 e. The number of halogens is 2. The molecule has 5 nitrogen and oxygen atoms in total. The molecule has 2 aromatic carbocycles. The summed E-state index contributed by atoms with van der Waals surface area (Å²) in [6.45, 7) is 1.93. The van der Waals surface area contributed by atoms with Gasteiger partial charge in [0.05, 0.1) is 6.21 Å². The molecule has 0 aliphatic rings. The van der Waals surface area contributed by atoms with Gasteiger partial charge in [0.2, 0.25) is 11.8 Å². The molecule has 0 atom stereocenters. The van der Waals surface area contributed by atoms with Crippen molar-refractivity contribution in [3.8, 4) is 0 Å². The molecule has 2 amide bonds. The van der Waals surface area contributed by atoms with Crippen LogP contribution in [0.25, 0.3) is 0 Å². The first-order valence-corrected chi connectivity index (χ1v) is 9.73. The van der Waals surface area contributed by atoms with Crippen molar-refractivity contribution >= 4 is 68.9 Å². The third-order valence-corrected chi connectivity index (χ3v) is 4.70. The summed E-state index contributed by atoms with van der Waals surface area (Å²) in [5, 5.41) is 6.72. The quantitative estimate of drug-likeness (QED) is 0.318. The number of hydrogen-bond acceptors (Lipinski definition) is 3. The lowest BCUT2D eigenvalue weighted by Crippen LogP contribution is -2.20. The highest BCUT2D eigenvalue weighted by molar-refractivity contribution is 14.1. The molecule has 0 aromatic heterocycles. The van der Waals surface area contributed by atoms with Gasteiger partial charge in [0, 0.05) is 25.7 Å². The van der Waals surface area contributed by atoms with Gasteiger partial charge in [-0.25, -0.2) is 5.43 Å². The van der Waals surface area contributed by atoms with E-state index >= 15 is 0 Å². The number of hydrazone groups is 1. The lowest BCUT2D eigenvalue weighted by Gasteiger charge is -2.08. The number of aryl methyl sites for hydroxylation is 1. The second-order valence-corrected chi connectivity index (χ2v) is 7.84. The Balaban J connectivity index is 1.75. The van der Waals surface area contributed by atoms with Crippen molar-refractivity contribution in [3.63, 3.8) is 0 Å². The maximum atomic E-state index is 11.9. The first kappa shape index (κ1) is 19.8. The van der Waals surface area contributed by atoms with Gasteiger partial charge in [-0.3, -0.25) is 9.59 Å². The first-order valence-electron chi connectivity index (χ1n) is 7.57. The van der Waals surface area contributed by atoms with Crippen molar-refractivity contribution in [2.75, 3.05) is 5.32 Å². The van der Waals surface area contributed by atoms with Crippen LogP contribution in [0.5, 0.6) is 0 Å². The fraction of sp³-hybridized carbons (Fsp3) is 0.167. The predicted octanol–water partition coefficient (Wildman–Crippen LogP) is 4.07. The van der Waals surface area contributed by atoms with Gasteiger partial charge >= 0.3 is 0 Å². The fourth-order valence-corrected chi connectivity index (χ4v) is 3.00. The van der Waals surface area contributed by atoms with Gasteiger partial charge in [-0.15, -0.1) is 0 Å². The van der Waals surface area contributed by atoms with Crippen molar-refractivity contribution in [1.82, 2.24) is 5.43 Å². The molecule has 0 aliphatic heterocycles. The predicted molar refractivity (Wildman–Crippen MR) is 117 cm³/mol. The molecule has 2 N–H and O–H groups in total. The van der Waals surface area contributed by atoms with Crippen molar-refractivity contribution in [2.24, 2.45) is 5.10 Å². The standard InChI is InChI=1S/C18H17I2N3O2/c1-12-10-15(20)6-7-16(12)22-17(24)8-9-18(25)23-21-11-13-2-4-14(19)5-3-13/h2-7,10-11H,8-9H2,1H3,(H,22,24)(H,23,25)/b21-11-. The lowest BCUT2D eigenvalue weighted by atomic mass is 10.2. The second kappa shape index (κ2) is 9.85. The Hall–Kier alpha value is -1.49. The van der Waals surface area contributed by atoms with Crippen LogP contribution in [0.15, 0.2) is 47.6 Å². The summed E-state index contributed by atoms with van der Waals surface area (Å²) in [4.78, 5) is 23.7. The average molecular weight is 561 g/mol. The van der Waals surface area contributed by atoms with Crippen molar-refractivity contribution in [3.05, 3.63) is 60.7 Å². The van der Waals surface area contributed by atoms with Crippen LogP contribution in [0.4, 0.5) is 5.69 Å². The molecule has 130 valence electrons. The monoisotopic (exact) mass is 561 g/mol. The minimum Gasteiger partial charge on any atom is -0.326 e. The van der Waals surface area contributed by atoms with Gasteiger partial charge in [-0.05, 0) is 93.6 Å². The molecule has 7 heteroatoms. The maximum absolute atomic E-state index is 11.9. The number of hydrogen-bond donors (Lipinski definition) is 2. The second-order valence-electron chi connectivity index (χ2n) is 5.35. The molecule has 0 aliphatic carbocycles. The molecule has 2 rings (SSSR count). The number of carbonyl (C=O) groups is 2. The normalized spacial score (nSPS) is 10.7. The van der Waals surface area contributed by atoms with Gasteiger partial charge in [-0.1, -0.05) is 12.1 Å². The summed E-state index contributed by atoms with van der Waals surface area (Å²) < 4.78 is 2.24. The minimum absolute atomic E-state index is 0.0826. The van der Waals surface area contributed by atoms with E-state index in [1.165, 1.54) is 0 Å². The molecule has 0 spiro atoms. The Morgan fingerprint density at radius 3 is 2.32 bits per heavy atom. The molecule has 0 bridgehead atoms. The molecule has 0 saturated carbocycles. The number of rotatable bonds is 6. The Labute approximate surface area is 173 Å². The van der Waals surface area contributed by atoms with Gasteiger partial charge < -0.3 is 5.32 Å². The van der Waals surface area contributed by atoms with Crippen molar-refractivity contribution in [1.29, 1.82) is 0 Å². The van der Waals surface area contributed by atoms with E-state index in [2.05, 4.69) is 61.0 Å². The first-order chi connectivity index (χ1) is 11.9. The highest BCUT2D eigenvalue weighted by Crippen LogP contribution is 2.18. The zero-order valence-corrected chi connectivity index (χ0v) is 17.9. The van der Waals surface area contributed by atoms with Gasteiger partial charge in [-0.2, -0.15) is 5.10 Å². The summed E-state index contributed by atoms with van der Waals surface area (Å²) in [6.07, 6.45) is 1.76. The number of nitrogens with zero attached hydrogens (tertiary/aromatic N) is 1. The van der Waals surface area contributed by atoms with Gasteiger partial charge in [0.15, 0.2) is 0 Å². The number of anilines is 1. The van der Waals surface area contributed by atoms with Crippen LogP contribution in [0.3, 0.4) is 0 Å². The zero-order valence-electron chi connectivity index (χ0n) is 13.6. The number of carbonyl (C=O) groups excluding carboxylic acids is 2. The van der Waals surface area contributed by atoms with Crippen LogP contribution in [0.2, 0.25) is 0 Å². The molecular weight excluding hydrogens is 544 g/mol. The summed E-state index contributed by atoms with van der Waals surface area (Å²) >= 11 is 4.44. The molecule has 25 heavy (non-hydrogen) atoms. The van der Waals surface area contributed by atoms with E-state index in [4.69, 9.17) is 0 Å². The lowest BCUT2D eigenvalue weighted by molar-refractivity contribution is -0.124. The fourth-order valence-electron chi connectivity index (χ4n) is 1.99. The molecule has 0 fully saturated rings. The molecule has 0 heterocycles. The van der Waals surface area contributed by atoms with Crippen LogP contribution in [-0.4, -0.2) is 18.0 Å². The van der Waals surface area contributed by atoms with Gasteiger partial charge in [0.1, 0.15) is 0 Å². The minimum atomic E-state index is -0.295. The summed E-state index contributed by atoms with van der Waals surface area (Å²) in [6, 6.07) is 13.5. The van der Waals surface area contributed by atoms with E-state index in [1.54, 1.807) is 6.21 Å². The number of nitrogens with one attached hydrogen (secondary N) is 2. The van der Waals surface area contributed by atoms with E-state index < -0.39 is 0 Å². The highest BCUT2D eigenvalue weighted by Gasteiger charge is 2.08. The van der Waals surface area contributed by atoms with Crippen molar-refractivity contribution < 1.29 is 9.59 Å². The molecule has 0 radical (unpaired) electrons. The topological polar surface area (TPSA) is 70.6 Å². The Kier molecular flexibility index (Phi) is 7.82. The van der Waals surface area contributed by atoms with Crippen LogP contribution in [-0.2, 0) is 9.59 Å². The Morgan fingerprint density at radius 1 is 1.00 bits per heavy atom. The summed E-state index contributed by atoms with van der Waals surface area (Å²) in [7, 11) is 0. The largest absolute Gasteiger partial charge is 0.326 e. The number of benzene rings is 2. The third kappa shape index (κ3) is 7.10. The summed E-state index contributed by atoms with van der Waals surface area (Å²) in [5.74, 6) is -0.489. The Bertz CT molecular complexity index is 789. The zero-order chi connectivity index (χ0) is 18.2. The van der Waals surface area contributed by atoms with E-state index in [-0.39, 0.29) is 24.7 Å². The van der Waals surface area contributed by atoms with E-state index in [0.717, 1.165) is 24.0 Å². The average Bonchev–Trinajstić information content (AvgIpc) is 2.57. The molecule has 0 saturated heterocycles.